The van der Waals surface area contributed by atoms with E-state index in [0.717, 1.165) is 12.1 Å². The predicted octanol–water partition coefficient (Wildman–Crippen LogP) is 1.79. The minimum atomic E-state index is -0.241. The van der Waals surface area contributed by atoms with Gasteiger partial charge in [0.1, 0.15) is 5.82 Å². The van der Waals surface area contributed by atoms with Gasteiger partial charge in [-0.15, -0.1) is 0 Å². The molecule has 68 valence electrons. The van der Waals surface area contributed by atoms with Gasteiger partial charge in [-0.3, -0.25) is 0 Å². The maximum absolute atomic E-state index is 12.7. The summed E-state index contributed by atoms with van der Waals surface area (Å²) in [4.78, 5) is 0. The Bertz CT molecular complexity index is 322. The molecular weight excluding hydrogens is 165 g/mol. The number of benzene rings is 1. The van der Waals surface area contributed by atoms with Crippen molar-refractivity contribution in [3.63, 3.8) is 0 Å². The minimum absolute atomic E-state index is 0.241. The monoisotopic (exact) mass is 177 g/mol. The summed E-state index contributed by atoms with van der Waals surface area (Å²) in [6.07, 6.45) is 0. The first-order valence-electron chi connectivity index (χ1n) is 4.28. The smallest absolute Gasteiger partial charge is 0.124 e. The second-order valence-electron chi connectivity index (χ2n) is 2.59. The lowest BCUT2D eigenvalue weighted by molar-refractivity contribution is 0.627. The van der Waals surface area contributed by atoms with Gasteiger partial charge in [0.15, 0.2) is 0 Å². The molecule has 0 fully saturated rings. The number of nitrogens with one attached hydrogen (secondary N) is 1. The Hall–Kier alpha value is -1.33. The zero-order valence-corrected chi connectivity index (χ0v) is 7.60. The van der Waals surface area contributed by atoms with Gasteiger partial charge in [0, 0.05) is 5.56 Å². The Morgan fingerprint density at radius 3 is 3.00 bits per heavy atom. The summed E-state index contributed by atoms with van der Waals surface area (Å²) < 4.78 is 12.7. The van der Waals surface area contributed by atoms with Crippen molar-refractivity contribution in [3.05, 3.63) is 35.6 Å². The van der Waals surface area contributed by atoms with Crippen molar-refractivity contribution in [1.29, 1.82) is 0 Å². The highest BCUT2D eigenvalue weighted by Gasteiger charge is 1.88. The molecule has 0 unspecified atom stereocenters. The molecule has 0 spiro atoms. The van der Waals surface area contributed by atoms with Gasteiger partial charge < -0.3 is 5.32 Å². The standard InChI is InChI=1S/C11H12FN/c1-2-13-8-4-6-10-5-3-7-11(12)9-10/h3,5,7,9,13H,2,8H2,1H3. The molecule has 0 aliphatic carbocycles. The first kappa shape index (κ1) is 9.76. The molecule has 0 atom stereocenters. The lowest BCUT2D eigenvalue weighted by Crippen LogP contribution is -2.11. The van der Waals surface area contributed by atoms with Crippen molar-refractivity contribution in [2.75, 3.05) is 13.1 Å². The van der Waals surface area contributed by atoms with Crippen LogP contribution in [0.3, 0.4) is 0 Å². The number of hydrogen-bond acceptors (Lipinski definition) is 1. The van der Waals surface area contributed by atoms with E-state index in [1.54, 1.807) is 12.1 Å². The second kappa shape index (κ2) is 5.34. The number of halogens is 1. The molecular formula is C11H12FN. The summed E-state index contributed by atoms with van der Waals surface area (Å²) in [7, 11) is 0. The molecule has 0 aromatic heterocycles. The molecule has 0 aliphatic heterocycles. The maximum Gasteiger partial charge on any atom is 0.124 e. The molecule has 0 amide bonds. The molecule has 1 nitrogen and oxygen atoms in total. The van der Waals surface area contributed by atoms with E-state index < -0.39 is 0 Å². The third-order valence-corrected chi connectivity index (χ3v) is 1.52. The van der Waals surface area contributed by atoms with Gasteiger partial charge in [0.25, 0.3) is 0 Å². The Balaban J connectivity index is 2.56. The van der Waals surface area contributed by atoms with Crippen LogP contribution in [0.2, 0.25) is 0 Å². The molecule has 0 bridgehead atoms. The van der Waals surface area contributed by atoms with E-state index in [-0.39, 0.29) is 5.82 Å². The van der Waals surface area contributed by atoms with Crippen LogP contribution in [-0.4, -0.2) is 13.1 Å². The van der Waals surface area contributed by atoms with E-state index in [0.29, 0.717) is 6.54 Å². The van der Waals surface area contributed by atoms with Crippen LogP contribution in [0.4, 0.5) is 4.39 Å². The predicted molar refractivity (Wildman–Crippen MR) is 51.8 cm³/mol. The highest BCUT2D eigenvalue weighted by atomic mass is 19.1. The molecule has 0 radical (unpaired) electrons. The van der Waals surface area contributed by atoms with Gasteiger partial charge in [-0.05, 0) is 24.7 Å². The Morgan fingerprint density at radius 1 is 1.46 bits per heavy atom. The summed E-state index contributed by atoms with van der Waals surface area (Å²) in [6.45, 7) is 3.56. The zero-order valence-electron chi connectivity index (χ0n) is 7.60. The van der Waals surface area contributed by atoms with E-state index in [9.17, 15) is 4.39 Å². The summed E-state index contributed by atoms with van der Waals surface area (Å²) in [5, 5.41) is 3.07. The van der Waals surface area contributed by atoms with Gasteiger partial charge in [-0.25, -0.2) is 4.39 Å². The van der Waals surface area contributed by atoms with E-state index >= 15 is 0 Å². The van der Waals surface area contributed by atoms with Crippen LogP contribution < -0.4 is 5.32 Å². The van der Waals surface area contributed by atoms with Crippen molar-refractivity contribution in [2.24, 2.45) is 0 Å². The average molecular weight is 177 g/mol. The Morgan fingerprint density at radius 2 is 2.31 bits per heavy atom. The highest BCUT2D eigenvalue weighted by molar-refractivity contribution is 5.34. The number of hydrogen-bond donors (Lipinski definition) is 1. The third-order valence-electron chi connectivity index (χ3n) is 1.52. The quantitative estimate of drug-likeness (QED) is 0.536. The Labute approximate surface area is 78.0 Å². The second-order valence-corrected chi connectivity index (χ2v) is 2.59. The summed E-state index contributed by atoms with van der Waals surface area (Å²) in [5.74, 6) is 5.53. The molecule has 0 saturated carbocycles. The highest BCUT2D eigenvalue weighted by Crippen LogP contribution is 2.00. The van der Waals surface area contributed by atoms with Gasteiger partial charge in [0.2, 0.25) is 0 Å². The van der Waals surface area contributed by atoms with Crippen molar-refractivity contribution >= 4 is 0 Å². The molecule has 0 heterocycles. The van der Waals surface area contributed by atoms with Gasteiger partial charge in [0.05, 0.1) is 6.54 Å². The average Bonchev–Trinajstić information content (AvgIpc) is 2.13. The van der Waals surface area contributed by atoms with Gasteiger partial charge in [-0.2, -0.15) is 0 Å². The summed E-state index contributed by atoms with van der Waals surface area (Å²) in [6, 6.07) is 6.29. The number of rotatable bonds is 2. The Kier molecular flexibility index (Phi) is 4.01. The van der Waals surface area contributed by atoms with Crippen LogP contribution in [0, 0.1) is 17.7 Å². The normalized spacial score (nSPS) is 9.08. The van der Waals surface area contributed by atoms with E-state index in [4.69, 9.17) is 0 Å². The van der Waals surface area contributed by atoms with Crippen LogP contribution in [0.1, 0.15) is 12.5 Å². The van der Waals surface area contributed by atoms with Crippen molar-refractivity contribution in [2.45, 2.75) is 6.92 Å². The lowest BCUT2D eigenvalue weighted by atomic mass is 10.2. The summed E-state index contributed by atoms with van der Waals surface area (Å²) in [5.41, 5.74) is 0.720. The molecule has 1 aromatic rings. The maximum atomic E-state index is 12.7. The fourth-order valence-corrected chi connectivity index (χ4v) is 0.900. The fourth-order valence-electron chi connectivity index (χ4n) is 0.900. The lowest BCUT2D eigenvalue weighted by Gasteiger charge is -1.91. The molecule has 1 rings (SSSR count). The van der Waals surface area contributed by atoms with Crippen molar-refractivity contribution in [1.82, 2.24) is 5.32 Å². The molecule has 1 aromatic carbocycles. The third kappa shape index (κ3) is 3.73. The molecule has 0 aliphatic rings. The molecule has 13 heavy (non-hydrogen) atoms. The van der Waals surface area contributed by atoms with Crippen LogP contribution in [0.25, 0.3) is 0 Å². The topological polar surface area (TPSA) is 12.0 Å². The van der Waals surface area contributed by atoms with Crippen LogP contribution in [0.5, 0.6) is 0 Å². The van der Waals surface area contributed by atoms with Crippen molar-refractivity contribution < 1.29 is 4.39 Å². The minimum Gasteiger partial charge on any atom is -0.306 e. The van der Waals surface area contributed by atoms with E-state index in [1.807, 2.05) is 6.92 Å². The van der Waals surface area contributed by atoms with Crippen LogP contribution >= 0.6 is 0 Å². The molecule has 2 heteroatoms. The summed E-state index contributed by atoms with van der Waals surface area (Å²) >= 11 is 0. The van der Waals surface area contributed by atoms with Crippen molar-refractivity contribution in [3.8, 4) is 11.8 Å². The zero-order chi connectivity index (χ0) is 9.52. The fraction of sp³-hybridized carbons (Fsp3) is 0.273. The van der Waals surface area contributed by atoms with Crippen LogP contribution in [-0.2, 0) is 0 Å². The van der Waals surface area contributed by atoms with Gasteiger partial charge >= 0.3 is 0 Å². The van der Waals surface area contributed by atoms with E-state index in [1.165, 1.54) is 12.1 Å². The SMILES string of the molecule is CCNCC#Cc1cccc(F)c1. The molecule has 0 saturated heterocycles. The van der Waals surface area contributed by atoms with Crippen LogP contribution in [0.15, 0.2) is 24.3 Å². The van der Waals surface area contributed by atoms with Gasteiger partial charge in [-0.1, -0.05) is 24.8 Å². The first-order valence-corrected chi connectivity index (χ1v) is 4.28. The largest absolute Gasteiger partial charge is 0.306 e. The van der Waals surface area contributed by atoms with E-state index in [2.05, 4.69) is 17.2 Å². The first-order chi connectivity index (χ1) is 6.33. The molecule has 1 N–H and O–H groups in total.